The molecular weight excluding hydrogens is 311 g/mol. The Labute approximate surface area is 154 Å². The van der Waals surface area contributed by atoms with Gasteiger partial charge in [-0.25, -0.2) is 0 Å². The Balaban J connectivity index is 0.00000176. The van der Waals surface area contributed by atoms with E-state index in [9.17, 15) is 15.0 Å². The number of aliphatic hydroxyl groups is 1. The Kier molecular flexibility index (Phi) is 5.94. The molecular formula is C16H13NaO4S. The third-order valence-electron chi connectivity index (χ3n) is 3.26. The van der Waals surface area contributed by atoms with E-state index in [1.807, 2.05) is 30.3 Å². The van der Waals surface area contributed by atoms with E-state index >= 15 is 0 Å². The van der Waals surface area contributed by atoms with Crippen LogP contribution < -0.4 is 39.4 Å². The van der Waals surface area contributed by atoms with Gasteiger partial charge >= 0.3 is 29.6 Å². The average Bonchev–Trinajstić information content (AvgIpc) is 2.50. The molecule has 22 heavy (non-hydrogen) atoms. The first kappa shape index (κ1) is 17.4. The molecule has 0 spiro atoms. The number of carbonyl (C=O) groups is 1. The normalized spacial score (nSPS) is 13.1. The van der Waals surface area contributed by atoms with Crippen molar-refractivity contribution in [2.24, 2.45) is 0 Å². The second-order valence-corrected chi connectivity index (χ2v) is 5.87. The van der Waals surface area contributed by atoms with Crippen LogP contribution in [0.1, 0.15) is 24.5 Å². The van der Waals surface area contributed by atoms with E-state index in [2.05, 4.69) is 0 Å². The molecule has 2 aromatic carbocycles. The summed E-state index contributed by atoms with van der Waals surface area (Å²) in [5.41, 5.74) is 0.686. The summed E-state index contributed by atoms with van der Waals surface area (Å²) >= 11 is 1.57. The molecule has 1 heterocycles. The van der Waals surface area contributed by atoms with Gasteiger partial charge in [-0.3, -0.25) is 0 Å². The Bertz CT molecular complexity index is 690. The quantitative estimate of drug-likeness (QED) is 0.656. The van der Waals surface area contributed by atoms with Crippen molar-refractivity contribution in [3.8, 4) is 11.5 Å². The fourth-order valence-electron chi connectivity index (χ4n) is 2.17. The molecule has 1 aliphatic rings. The first-order valence-electron chi connectivity index (χ1n) is 6.60. The third-order valence-corrected chi connectivity index (χ3v) is 4.36. The summed E-state index contributed by atoms with van der Waals surface area (Å²) in [5, 5.41) is 20.5. The molecule has 0 radical (unpaired) electrons. The monoisotopic (exact) mass is 324 g/mol. The number of carboxylic acid groups (broad SMARTS) is 1. The molecule has 0 fully saturated rings. The average molecular weight is 324 g/mol. The van der Waals surface area contributed by atoms with Gasteiger partial charge in [-0.2, -0.15) is 0 Å². The molecule has 1 N–H and O–H groups in total. The van der Waals surface area contributed by atoms with E-state index in [1.54, 1.807) is 23.9 Å². The molecule has 6 heteroatoms. The number of benzene rings is 2. The molecule has 0 aromatic heterocycles. The van der Waals surface area contributed by atoms with Gasteiger partial charge in [0.05, 0.1) is 15.9 Å². The van der Waals surface area contributed by atoms with Gasteiger partial charge in [0.1, 0.15) is 11.5 Å². The zero-order valence-electron chi connectivity index (χ0n) is 12.1. The predicted molar refractivity (Wildman–Crippen MR) is 76.3 cm³/mol. The molecule has 0 bridgehead atoms. The molecule has 0 saturated heterocycles. The van der Waals surface area contributed by atoms with Crippen molar-refractivity contribution in [1.29, 1.82) is 0 Å². The van der Waals surface area contributed by atoms with Crippen molar-refractivity contribution < 1.29 is 49.3 Å². The maximum Gasteiger partial charge on any atom is 1.00 e. The number of rotatable bonds is 4. The van der Waals surface area contributed by atoms with Crippen LogP contribution in [0.25, 0.3) is 0 Å². The van der Waals surface area contributed by atoms with Crippen LogP contribution in [0, 0.1) is 0 Å². The van der Waals surface area contributed by atoms with Crippen LogP contribution in [0.4, 0.5) is 0 Å². The number of aliphatic hydroxyl groups excluding tert-OH is 1. The molecule has 1 aliphatic heterocycles. The molecule has 0 aliphatic carbocycles. The van der Waals surface area contributed by atoms with Crippen LogP contribution in [0.5, 0.6) is 11.5 Å². The third kappa shape index (κ3) is 3.86. The van der Waals surface area contributed by atoms with Crippen molar-refractivity contribution in [3.05, 3.63) is 48.0 Å². The summed E-state index contributed by atoms with van der Waals surface area (Å²) in [6, 6.07) is 13.1. The molecule has 3 rings (SSSR count). The molecule has 1 atom stereocenters. The van der Waals surface area contributed by atoms with Crippen molar-refractivity contribution >= 4 is 17.7 Å². The second-order valence-electron chi connectivity index (χ2n) is 4.78. The van der Waals surface area contributed by atoms with Crippen molar-refractivity contribution in [3.63, 3.8) is 0 Å². The number of fused-ring (bicyclic) bond motifs is 2. The number of carboxylic acids is 1. The number of aliphatic carboxylic acids is 1. The van der Waals surface area contributed by atoms with Crippen LogP contribution in [0.3, 0.4) is 0 Å². The smallest absolute Gasteiger partial charge is 0.550 e. The van der Waals surface area contributed by atoms with Gasteiger partial charge in [-0.05, 0) is 42.7 Å². The number of hydrogen-bond acceptors (Lipinski definition) is 5. The number of carbonyl (C=O) groups excluding carboxylic acids is 1. The largest absolute Gasteiger partial charge is 1.00 e. The van der Waals surface area contributed by atoms with Crippen LogP contribution in [-0.2, 0) is 4.79 Å². The first-order valence-corrected chi connectivity index (χ1v) is 7.42. The maximum atomic E-state index is 10.5. The molecule has 108 valence electrons. The summed E-state index contributed by atoms with van der Waals surface area (Å²) < 4.78 is 5.80. The Morgan fingerprint density at radius 3 is 2.68 bits per heavy atom. The maximum absolute atomic E-state index is 10.5. The molecule has 0 saturated carbocycles. The Hall–Kier alpha value is -0.980. The zero-order chi connectivity index (χ0) is 14.8. The van der Waals surface area contributed by atoms with Gasteiger partial charge in [0, 0.05) is 5.97 Å². The van der Waals surface area contributed by atoms with E-state index in [0.717, 1.165) is 21.3 Å². The van der Waals surface area contributed by atoms with Crippen molar-refractivity contribution in [2.75, 3.05) is 0 Å². The van der Waals surface area contributed by atoms with Gasteiger partial charge in [0.2, 0.25) is 0 Å². The van der Waals surface area contributed by atoms with E-state index in [0.29, 0.717) is 5.56 Å². The summed E-state index contributed by atoms with van der Waals surface area (Å²) in [6.45, 7) is 0. The Morgan fingerprint density at radius 1 is 1.18 bits per heavy atom. The number of para-hydroxylation sites is 1. The fourth-order valence-corrected chi connectivity index (χ4v) is 3.17. The second kappa shape index (κ2) is 7.53. The number of hydrogen-bond donors (Lipinski definition) is 1. The van der Waals surface area contributed by atoms with E-state index in [4.69, 9.17) is 4.74 Å². The minimum Gasteiger partial charge on any atom is -0.550 e. The predicted octanol–water partition coefficient (Wildman–Crippen LogP) is -0.489. The van der Waals surface area contributed by atoms with Gasteiger partial charge in [0.15, 0.2) is 0 Å². The minimum absolute atomic E-state index is 0. The van der Waals surface area contributed by atoms with Crippen LogP contribution in [0.15, 0.2) is 52.3 Å². The van der Waals surface area contributed by atoms with E-state index < -0.39 is 12.1 Å². The molecule has 0 amide bonds. The van der Waals surface area contributed by atoms with E-state index in [1.165, 1.54) is 0 Å². The van der Waals surface area contributed by atoms with Gasteiger partial charge in [-0.1, -0.05) is 30.0 Å². The van der Waals surface area contributed by atoms with Gasteiger partial charge in [-0.15, -0.1) is 0 Å². The Morgan fingerprint density at radius 2 is 1.91 bits per heavy atom. The number of ether oxygens (including phenoxy) is 1. The summed E-state index contributed by atoms with van der Waals surface area (Å²) in [5.74, 6) is 0.411. The van der Waals surface area contributed by atoms with Crippen LogP contribution in [-0.4, -0.2) is 11.1 Å². The van der Waals surface area contributed by atoms with Crippen LogP contribution >= 0.6 is 11.8 Å². The van der Waals surface area contributed by atoms with Gasteiger partial charge < -0.3 is 19.7 Å². The van der Waals surface area contributed by atoms with Gasteiger partial charge in [0.25, 0.3) is 0 Å². The fraction of sp³-hybridized carbons (Fsp3) is 0.188. The zero-order valence-corrected chi connectivity index (χ0v) is 14.9. The molecule has 1 unspecified atom stereocenters. The summed E-state index contributed by atoms with van der Waals surface area (Å²) in [7, 11) is 0. The summed E-state index contributed by atoms with van der Waals surface area (Å²) in [4.78, 5) is 12.4. The SMILES string of the molecule is O=C([O-])CCC(O)c1ccc2c(c1)Sc1ccccc1O2.[Na+]. The van der Waals surface area contributed by atoms with Crippen molar-refractivity contribution in [1.82, 2.24) is 0 Å². The molecule has 4 nitrogen and oxygen atoms in total. The van der Waals surface area contributed by atoms with Crippen LogP contribution in [0.2, 0.25) is 0 Å². The van der Waals surface area contributed by atoms with Crippen molar-refractivity contribution in [2.45, 2.75) is 28.7 Å². The first-order chi connectivity index (χ1) is 10.1. The molecule has 2 aromatic rings. The standard InChI is InChI=1S/C16H14O4S.Na/c17-11(6-8-16(18)19)10-5-7-13-15(9-10)21-14-4-2-1-3-12(14)20-13;/h1-5,7,9,11,17H,6,8H2,(H,18,19);/q;+1/p-1. The van der Waals surface area contributed by atoms with E-state index in [-0.39, 0.29) is 42.4 Å². The minimum atomic E-state index is -1.15. The topological polar surface area (TPSA) is 69.6 Å². The summed E-state index contributed by atoms with van der Waals surface area (Å²) in [6.07, 6.45) is -0.834.